The zero-order chi connectivity index (χ0) is 22.0. The van der Waals surface area contributed by atoms with Crippen molar-refractivity contribution < 1.29 is 13.2 Å². The summed E-state index contributed by atoms with van der Waals surface area (Å²) >= 11 is 3.31. The minimum Gasteiger partial charge on any atom is -0.495 e. The van der Waals surface area contributed by atoms with Gasteiger partial charge in [0, 0.05) is 22.9 Å². The molecule has 162 valence electrons. The Morgan fingerprint density at radius 3 is 2.81 bits per heavy atom. The standard InChI is InChI=1S/C21H22BrN5O3S/c1-30-17-9-8-14(22)12-18(17)31(28,29)25-10-4-5-11-27-13-24-19-20(27)15-6-2-3-7-16(15)26-21(19)23/h2-3,6-9,12-13,25H,4-5,10-11H2,1H3,(H2,23,26). The number of benzene rings is 2. The molecule has 2 aromatic heterocycles. The number of pyridine rings is 1. The van der Waals surface area contributed by atoms with Crippen LogP contribution in [0.1, 0.15) is 12.8 Å². The zero-order valence-corrected chi connectivity index (χ0v) is 19.3. The Morgan fingerprint density at radius 2 is 2.00 bits per heavy atom. The van der Waals surface area contributed by atoms with Crippen molar-refractivity contribution in [2.45, 2.75) is 24.3 Å². The molecule has 4 rings (SSSR count). The summed E-state index contributed by atoms with van der Waals surface area (Å²) in [6.07, 6.45) is 3.18. The number of unbranched alkanes of at least 4 members (excludes halogenated alkanes) is 1. The summed E-state index contributed by atoms with van der Waals surface area (Å²) in [6, 6.07) is 12.7. The monoisotopic (exact) mass is 503 g/mol. The molecule has 0 saturated heterocycles. The number of anilines is 1. The highest BCUT2D eigenvalue weighted by atomic mass is 79.9. The molecule has 31 heavy (non-hydrogen) atoms. The van der Waals surface area contributed by atoms with Gasteiger partial charge in [0.25, 0.3) is 0 Å². The first-order valence-electron chi connectivity index (χ1n) is 9.73. The molecule has 0 radical (unpaired) electrons. The normalized spacial score (nSPS) is 11.9. The van der Waals surface area contributed by atoms with Crippen molar-refractivity contribution in [2.24, 2.45) is 0 Å². The number of imidazole rings is 1. The van der Waals surface area contributed by atoms with Crippen molar-refractivity contribution >= 4 is 53.7 Å². The van der Waals surface area contributed by atoms with Crippen LogP contribution in [0, 0.1) is 0 Å². The predicted octanol–water partition coefficient (Wildman–Crippen LogP) is 3.70. The highest BCUT2D eigenvalue weighted by Crippen LogP contribution is 2.28. The smallest absolute Gasteiger partial charge is 0.244 e. The van der Waals surface area contributed by atoms with Crippen LogP contribution in [-0.2, 0) is 16.6 Å². The SMILES string of the molecule is COc1ccc(Br)cc1S(=O)(=O)NCCCCn1cnc2c(N)nc3ccccc3c21. The molecular weight excluding hydrogens is 482 g/mol. The number of ether oxygens (including phenoxy) is 1. The van der Waals surface area contributed by atoms with E-state index in [1.54, 1.807) is 18.5 Å². The van der Waals surface area contributed by atoms with Gasteiger partial charge >= 0.3 is 0 Å². The molecule has 0 amide bonds. The molecular formula is C21H22BrN5O3S. The zero-order valence-electron chi connectivity index (χ0n) is 16.9. The van der Waals surface area contributed by atoms with E-state index in [9.17, 15) is 8.42 Å². The summed E-state index contributed by atoms with van der Waals surface area (Å²) in [6.45, 7) is 1.00. The third kappa shape index (κ3) is 4.36. The molecule has 8 nitrogen and oxygen atoms in total. The summed E-state index contributed by atoms with van der Waals surface area (Å²) in [5.74, 6) is 0.710. The van der Waals surface area contributed by atoms with Crippen LogP contribution in [0.25, 0.3) is 21.9 Å². The number of sulfonamides is 1. The molecule has 0 bridgehead atoms. The molecule has 0 aliphatic rings. The fourth-order valence-electron chi connectivity index (χ4n) is 3.53. The first-order chi connectivity index (χ1) is 14.9. The number of fused-ring (bicyclic) bond motifs is 3. The number of nitrogen functional groups attached to an aromatic ring is 1. The van der Waals surface area contributed by atoms with Gasteiger partial charge in [0.15, 0.2) is 5.82 Å². The average Bonchev–Trinajstić information content (AvgIpc) is 3.18. The van der Waals surface area contributed by atoms with Crippen LogP contribution in [0.2, 0.25) is 0 Å². The number of methoxy groups -OCH3 is 1. The molecule has 0 atom stereocenters. The lowest BCUT2D eigenvalue weighted by Gasteiger charge is -2.11. The summed E-state index contributed by atoms with van der Waals surface area (Å²) < 4.78 is 35.9. The lowest BCUT2D eigenvalue weighted by Crippen LogP contribution is -2.25. The Labute approximate surface area is 188 Å². The van der Waals surface area contributed by atoms with E-state index < -0.39 is 10.0 Å². The second kappa shape index (κ2) is 8.81. The van der Waals surface area contributed by atoms with Crippen molar-refractivity contribution in [1.29, 1.82) is 0 Å². The van der Waals surface area contributed by atoms with Crippen LogP contribution in [0.3, 0.4) is 0 Å². The maximum absolute atomic E-state index is 12.7. The van der Waals surface area contributed by atoms with E-state index in [-0.39, 0.29) is 4.90 Å². The van der Waals surface area contributed by atoms with Crippen LogP contribution in [-0.4, -0.2) is 36.6 Å². The Hall–Kier alpha value is -2.69. The predicted molar refractivity (Wildman–Crippen MR) is 125 cm³/mol. The number of aromatic nitrogens is 3. The van der Waals surface area contributed by atoms with Crippen LogP contribution in [0.15, 0.2) is 58.2 Å². The van der Waals surface area contributed by atoms with Crippen LogP contribution < -0.4 is 15.2 Å². The molecule has 0 saturated carbocycles. The second-order valence-corrected chi connectivity index (χ2v) is 9.70. The molecule has 0 aliphatic heterocycles. The summed E-state index contributed by atoms with van der Waals surface area (Å²) in [5.41, 5.74) is 8.52. The van der Waals surface area contributed by atoms with Crippen molar-refractivity contribution in [3.8, 4) is 5.75 Å². The molecule has 0 fully saturated rings. The quantitative estimate of drug-likeness (QED) is 0.354. The molecule has 2 aromatic carbocycles. The van der Waals surface area contributed by atoms with Crippen molar-refractivity contribution in [1.82, 2.24) is 19.3 Å². The van der Waals surface area contributed by atoms with Crippen molar-refractivity contribution in [3.63, 3.8) is 0 Å². The fraction of sp³-hybridized carbons (Fsp3) is 0.238. The van der Waals surface area contributed by atoms with E-state index in [1.165, 1.54) is 13.2 Å². The van der Waals surface area contributed by atoms with Gasteiger partial charge in [0.2, 0.25) is 10.0 Å². The lowest BCUT2D eigenvalue weighted by atomic mass is 10.2. The number of para-hydroxylation sites is 1. The summed E-state index contributed by atoms with van der Waals surface area (Å²) in [7, 11) is -2.23. The molecule has 10 heteroatoms. The van der Waals surface area contributed by atoms with Gasteiger partial charge < -0.3 is 15.0 Å². The van der Waals surface area contributed by atoms with E-state index >= 15 is 0 Å². The Kier molecular flexibility index (Phi) is 6.12. The largest absolute Gasteiger partial charge is 0.495 e. The van der Waals surface area contributed by atoms with Gasteiger partial charge in [-0.1, -0.05) is 34.1 Å². The number of aryl methyl sites for hydroxylation is 1. The molecule has 3 N–H and O–H groups in total. The fourth-order valence-corrected chi connectivity index (χ4v) is 5.31. The van der Waals surface area contributed by atoms with Crippen LogP contribution >= 0.6 is 15.9 Å². The third-order valence-electron chi connectivity index (χ3n) is 5.01. The van der Waals surface area contributed by atoms with Crippen molar-refractivity contribution in [2.75, 3.05) is 19.4 Å². The number of halogens is 1. The number of rotatable bonds is 8. The van der Waals surface area contributed by atoms with Gasteiger partial charge in [-0.2, -0.15) is 0 Å². The first kappa shape index (κ1) is 21.5. The van der Waals surface area contributed by atoms with Gasteiger partial charge in [0.05, 0.1) is 24.5 Å². The van der Waals surface area contributed by atoms with Crippen LogP contribution in [0.5, 0.6) is 5.75 Å². The number of hydrogen-bond acceptors (Lipinski definition) is 6. The van der Waals surface area contributed by atoms with E-state index in [0.717, 1.165) is 22.8 Å². The maximum atomic E-state index is 12.7. The minimum absolute atomic E-state index is 0.111. The highest BCUT2D eigenvalue weighted by molar-refractivity contribution is 9.10. The highest BCUT2D eigenvalue weighted by Gasteiger charge is 2.19. The molecule has 2 heterocycles. The Balaban J connectivity index is 1.43. The summed E-state index contributed by atoms with van der Waals surface area (Å²) in [5, 5.41) is 0.992. The maximum Gasteiger partial charge on any atom is 0.244 e. The van der Waals surface area contributed by atoms with Gasteiger partial charge in [0.1, 0.15) is 16.2 Å². The minimum atomic E-state index is -3.68. The van der Waals surface area contributed by atoms with E-state index in [1.807, 2.05) is 28.8 Å². The topological polar surface area (TPSA) is 112 Å². The van der Waals surface area contributed by atoms with Crippen LogP contribution in [0.4, 0.5) is 5.82 Å². The Bertz CT molecular complexity index is 1350. The number of nitrogens with two attached hydrogens (primary N) is 1. The van der Waals surface area contributed by atoms with E-state index in [4.69, 9.17) is 10.5 Å². The van der Waals surface area contributed by atoms with Gasteiger partial charge in [-0.3, -0.25) is 0 Å². The Morgan fingerprint density at radius 1 is 1.19 bits per heavy atom. The summed E-state index contributed by atoms with van der Waals surface area (Å²) in [4.78, 5) is 8.94. The van der Waals surface area contributed by atoms with E-state index in [0.29, 0.717) is 41.1 Å². The van der Waals surface area contributed by atoms with Crippen molar-refractivity contribution in [3.05, 3.63) is 53.3 Å². The third-order valence-corrected chi connectivity index (χ3v) is 6.99. The number of hydrogen-bond donors (Lipinski definition) is 2. The first-order valence-corrected chi connectivity index (χ1v) is 12.0. The molecule has 0 unspecified atom stereocenters. The molecule has 4 aromatic rings. The number of nitrogens with zero attached hydrogens (tertiary/aromatic N) is 3. The second-order valence-electron chi connectivity index (χ2n) is 7.05. The molecule has 0 aliphatic carbocycles. The lowest BCUT2D eigenvalue weighted by molar-refractivity contribution is 0.402. The van der Waals surface area contributed by atoms with Gasteiger partial charge in [-0.15, -0.1) is 0 Å². The van der Waals surface area contributed by atoms with Gasteiger partial charge in [-0.05, 0) is 37.1 Å². The van der Waals surface area contributed by atoms with Gasteiger partial charge in [-0.25, -0.2) is 23.1 Å². The molecule has 0 spiro atoms. The average molecular weight is 504 g/mol. The number of nitrogens with one attached hydrogen (secondary N) is 1. The van der Waals surface area contributed by atoms with E-state index in [2.05, 4.69) is 30.6 Å².